The Balaban J connectivity index is 0.983. The summed E-state index contributed by atoms with van der Waals surface area (Å²) in [6.07, 6.45) is 0. The summed E-state index contributed by atoms with van der Waals surface area (Å²) in [6, 6.07) is 102. The highest BCUT2D eigenvalue weighted by molar-refractivity contribution is 6.28. The number of para-hydroxylation sites is 7. The summed E-state index contributed by atoms with van der Waals surface area (Å²) >= 11 is 0. The van der Waals surface area contributed by atoms with Gasteiger partial charge in [-0.2, -0.15) is 0 Å². The van der Waals surface area contributed by atoms with Gasteiger partial charge < -0.3 is 18.3 Å². The molecule has 0 bridgehead atoms. The van der Waals surface area contributed by atoms with Crippen LogP contribution >= 0.6 is 0 Å². The Morgan fingerprint density at radius 2 is 0.585 bits per heavy atom. The van der Waals surface area contributed by atoms with E-state index in [-0.39, 0.29) is 0 Å². The van der Waals surface area contributed by atoms with Gasteiger partial charge in [0, 0.05) is 82.3 Å². The number of benzene rings is 12. The minimum absolute atomic E-state index is 0.585. The van der Waals surface area contributed by atoms with Crippen LogP contribution in [0.4, 0.5) is 0 Å². The molecule has 5 aromatic heterocycles. The van der Waals surface area contributed by atoms with E-state index in [0.717, 1.165) is 83.5 Å². The molecule has 0 unspecified atom stereocenters. The number of hydrogen-bond acceptors (Lipinski definition) is 3. The van der Waals surface area contributed by atoms with Crippen molar-refractivity contribution in [3.63, 3.8) is 0 Å². The van der Waals surface area contributed by atoms with Crippen LogP contribution in [0.1, 0.15) is 0 Å². The first kappa shape index (κ1) is 45.8. The first-order chi connectivity index (χ1) is 40.7. The van der Waals surface area contributed by atoms with Crippen LogP contribution in [0.2, 0.25) is 0 Å². The highest BCUT2D eigenvalue weighted by Gasteiger charge is 2.26. The molecular weight excluding hydrogens is 999 g/mol. The molecule has 0 aliphatic rings. The summed E-state index contributed by atoms with van der Waals surface area (Å²) < 4.78 is 9.88. The molecule has 17 rings (SSSR count). The zero-order valence-electron chi connectivity index (χ0n) is 44.3. The number of nitrogens with zero attached hydrogens (tertiary/aromatic N) is 7. The molecular formula is C75H47N7. The van der Waals surface area contributed by atoms with E-state index >= 15 is 0 Å². The van der Waals surface area contributed by atoms with E-state index in [1.807, 2.05) is 36.4 Å². The molecule has 0 radical (unpaired) electrons. The van der Waals surface area contributed by atoms with Gasteiger partial charge in [-0.05, 0) is 72.8 Å². The molecule has 0 spiro atoms. The third-order valence-corrected chi connectivity index (χ3v) is 16.6. The van der Waals surface area contributed by atoms with Crippen molar-refractivity contribution in [2.45, 2.75) is 0 Å². The monoisotopic (exact) mass is 1050 g/mol. The Kier molecular flexibility index (Phi) is 10.2. The van der Waals surface area contributed by atoms with Gasteiger partial charge in [-0.15, -0.1) is 0 Å². The zero-order chi connectivity index (χ0) is 53.8. The lowest BCUT2D eigenvalue weighted by atomic mass is 9.98. The lowest BCUT2D eigenvalue weighted by molar-refractivity contribution is 1.07. The summed E-state index contributed by atoms with van der Waals surface area (Å²) in [5.41, 5.74) is 18.2. The van der Waals surface area contributed by atoms with Crippen molar-refractivity contribution < 1.29 is 0 Å². The summed E-state index contributed by atoms with van der Waals surface area (Å²) in [6.45, 7) is 0. The van der Waals surface area contributed by atoms with E-state index in [2.05, 4.69) is 267 Å². The average Bonchev–Trinajstić information content (AvgIpc) is 2.66. The lowest BCUT2D eigenvalue weighted by Crippen LogP contribution is -2.04. The fourth-order valence-electron chi connectivity index (χ4n) is 13.1. The van der Waals surface area contributed by atoms with Gasteiger partial charge in [0.25, 0.3) is 0 Å². The number of fused-ring (bicyclic) bond motifs is 14. The Labute approximate surface area is 471 Å². The molecule has 0 aliphatic heterocycles. The maximum Gasteiger partial charge on any atom is 0.164 e. The van der Waals surface area contributed by atoms with E-state index in [1.165, 1.54) is 54.3 Å². The maximum atomic E-state index is 5.31. The molecule has 0 amide bonds. The molecule has 12 aromatic carbocycles. The largest absolute Gasteiger partial charge is 0.309 e. The van der Waals surface area contributed by atoms with Crippen LogP contribution in [0, 0.1) is 0 Å². The van der Waals surface area contributed by atoms with Crippen molar-refractivity contribution in [2.24, 2.45) is 0 Å². The van der Waals surface area contributed by atoms with Crippen molar-refractivity contribution >= 4 is 87.2 Å². The van der Waals surface area contributed by atoms with E-state index in [4.69, 9.17) is 15.0 Å². The predicted octanol–water partition coefficient (Wildman–Crippen LogP) is 18.9. The minimum atomic E-state index is 0.585. The smallest absolute Gasteiger partial charge is 0.164 e. The second-order valence-corrected chi connectivity index (χ2v) is 21.1. The van der Waals surface area contributed by atoms with Crippen molar-refractivity contribution in [3.05, 3.63) is 285 Å². The maximum absolute atomic E-state index is 5.31. The van der Waals surface area contributed by atoms with E-state index in [0.29, 0.717) is 17.5 Å². The standard InChI is InChI=1S/C75H47N7/c1-5-23-48(24-6-1)73-76-74(49-25-7-2-8-26-49)78-75(77-73)50-41-42-56(68(47-50)82-65-40-22-17-35-60(65)70-67(82)46-44-58-55-33-15-19-37-62(55)80(72(58)70)52-29-11-4-12-30-52)53-31-13-20-38-63(53)81-64-39-21-16-34-59(64)69-66(81)45-43-57-54-32-14-18-36-61(54)79(71(57)69)51-27-9-3-10-28-51/h1-47H. The van der Waals surface area contributed by atoms with Crippen LogP contribution in [0.25, 0.3) is 155 Å². The third kappa shape index (κ3) is 6.87. The van der Waals surface area contributed by atoms with Gasteiger partial charge in [0.1, 0.15) is 0 Å². The third-order valence-electron chi connectivity index (χ3n) is 16.6. The van der Waals surface area contributed by atoms with Gasteiger partial charge in [0.15, 0.2) is 17.5 Å². The highest BCUT2D eigenvalue weighted by atomic mass is 15.1. The van der Waals surface area contributed by atoms with Gasteiger partial charge in [-0.25, -0.2) is 15.0 Å². The Morgan fingerprint density at radius 3 is 1.07 bits per heavy atom. The lowest BCUT2D eigenvalue weighted by Gasteiger charge is -2.20. The molecule has 17 aromatic rings. The van der Waals surface area contributed by atoms with Crippen molar-refractivity contribution in [3.8, 4) is 68.0 Å². The summed E-state index contributed by atoms with van der Waals surface area (Å²) in [4.78, 5) is 15.7. The fourth-order valence-corrected chi connectivity index (χ4v) is 13.1. The van der Waals surface area contributed by atoms with E-state index < -0.39 is 0 Å². The first-order valence-corrected chi connectivity index (χ1v) is 27.9. The van der Waals surface area contributed by atoms with Crippen molar-refractivity contribution in [1.29, 1.82) is 0 Å². The number of aromatic nitrogens is 7. The molecule has 82 heavy (non-hydrogen) atoms. The molecule has 0 saturated heterocycles. The predicted molar refractivity (Wildman–Crippen MR) is 339 cm³/mol. The van der Waals surface area contributed by atoms with Gasteiger partial charge in [-0.1, -0.05) is 212 Å². The zero-order valence-corrected chi connectivity index (χ0v) is 44.3. The second kappa shape index (κ2) is 18.2. The molecule has 0 N–H and O–H groups in total. The summed E-state index contributed by atoms with van der Waals surface area (Å²) in [5.74, 6) is 1.81. The molecule has 0 fully saturated rings. The Bertz CT molecular complexity index is 5320. The molecule has 0 atom stereocenters. The van der Waals surface area contributed by atoms with Crippen molar-refractivity contribution in [1.82, 2.24) is 33.2 Å². The topological polar surface area (TPSA) is 58.4 Å². The molecule has 7 heteroatoms. The van der Waals surface area contributed by atoms with E-state index in [1.54, 1.807) is 0 Å². The minimum Gasteiger partial charge on any atom is -0.309 e. The highest BCUT2D eigenvalue weighted by Crippen LogP contribution is 2.47. The summed E-state index contributed by atoms with van der Waals surface area (Å²) in [7, 11) is 0. The van der Waals surface area contributed by atoms with Gasteiger partial charge in [0.05, 0.1) is 55.5 Å². The Hall–Kier alpha value is -11.2. The normalized spacial score (nSPS) is 11.9. The van der Waals surface area contributed by atoms with Crippen molar-refractivity contribution in [2.75, 3.05) is 0 Å². The molecule has 382 valence electrons. The van der Waals surface area contributed by atoms with Crippen LogP contribution < -0.4 is 0 Å². The number of hydrogen-bond donors (Lipinski definition) is 0. The molecule has 5 heterocycles. The van der Waals surface area contributed by atoms with Crippen LogP contribution in [0.5, 0.6) is 0 Å². The quantitative estimate of drug-likeness (QED) is 0.152. The molecule has 7 nitrogen and oxygen atoms in total. The van der Waals surface area contributed by atoms with Gasteiger partial charge in [0.2, 0.25) is 0 Å². The SMILES string of the molecule is c1ccc(-c2nc(-c3ccccc3)nc(-c3ccc(-c4ccccc4-n4c5ccccc5c5c4ccc4c6ccccc6n(-c6ccccc6)c45)c(-n4c5ccccc5c5c4ccc4c6ccccc6n(-c6ccccc6)c45)c3)n2)cc1. The van der Waals surface area contributed by atoms with Crippen LogP contribution in [0.15, 0.2) is 285 Å². The fraction of sp³-hybridized carbons (Fsp3) is 0. The summed E-state index contributed by atoms with van der Waals surface area (Å²) in [5, 5.41) is 9.58. The van der Waals surface area contributed by atoms with Gasteiger partial charge in [-0.3, -0.25) is 0 Å². The Morgan fingerprint density at radius 1 is 0.220 bits per heavy atom. The number of rotatable bonds is 8. The molecule has 0 aliphatic carbocycles. The van der Waals surface area contributed by atoms with E-state index in [9.17, 15) is 0 Å². The van der Waals surface area contributed by atoms with Gasteiger partial charge >= 0.3 is 0 Å². The molecule has 0 saturated carbocycles. The first-order valence-electron chi connectivity index (χ1n) is 27.9. The van der Waals surface area contributed by atoms with Crippen LogP contribution in [0.3, 0.4) is 0 Å². The average molecular weight is 1050 g/mol. The van der Waals surface area contributed by atoms with Crippen LogP contribution in [-0.2, 0) is 0 Å². The van der Waals surface area contributed by atoms with Crippen LogP contribution in [-0.4, -0.2) is 33.2 Å². The second-order valence-electron chi connectivity index (χ2n) is 21.1.